The third-order valence-corrected chi connectivity index (χ3v) is 11.7. The highest BCUT2D eigenvalue weighted by Crippen LogP contribution is 2.44. The van der Waals surface area contributed by atoms with Gasteiger partial charge in [-0.3, -0.25) is 4.52 Å². The monoisotopic (exact) mass is 727 g/mol. The molecular formula is C48H42NO4P. The number of nitrogens with zero attached hydrogens (tertiary/aromatic N) is 1. The Balaban J connectivity index is 1.32. The zero-order chi connectivity index (χ0) is 36.8. The van der Waals surface area contributed by atoms with Crippen molar-refractivity contribution in [3.05, 3.63) is 178 Å². The van der Waals surface area contributed by atoms with Crippen LogP contribution in [-0.2, 0) is 17.6 Å². The van der Waals surface area contributed by atoms with Crippen molar-refractivity contribution in [2.45, 2.75) is 52.2 Å². The first-order valence-electron chi connectivity index (χ1n) is 18.6. The number of ether oxygens (including phenoxy) is 1. The molecule has 2 heterocycles. The third-order valence-electron chi connectivity index (χ3n) is 10.5. The van der Waals surface area contributed by atoms with Gasteiger partial charge >= 0.3 is 8.24 Å². The van der Waals surface area contributed by atoms with E-state index in [-0.39, 0.29) is 6.04 Å². The van der Waals surface area contributed by atoms with Crippen molar-refractivity contribution in [1.29, 1.82) is 0 Å². The second kappa shape index (κ2) is 14.0. The number of benzene rings is 7. The van der Waals surface area contributed by atoms with Crippen molar-refractivity contribution in [2.24, 2.45) is 4.99 Å². The van der Waals surface area contributed by atoms with Gasteiger partial charge in [0.15, 0.2) is 0 Å². The molecule has 0 N–H and O–H groups in total. The smallest absolute Gasteiger partial charge is 0.388 e. The first kappa shape index (κ1) is 34.2. The highest BCUT2D eigenvalue weighted by molar-refractivity contribution is 7.31. The standard InChI is InChI=1S/C48H42NO4P/c1-31-22-32(2)25-35(24-31)28-48(29-36-26-33(3)23-34(4)27-36,44-30-50-47(49-44)39-14-6-5-7-15-39)53-54-51-42-20-18-37-12-8-10-16-40(37)45(42)46-41-17-11-9-13-38(41)19-21-43(46)52-54/h5-27,44H,28-30H2,1-4H3/t44-/m0/s1. The van der Waals surface area contributed by atoms with Crippen LogP contribution in [-0.4, -0.2) is 24.1 Å². The van der Waals surface area contributed by atoms with Gasteiger partial charge in [-0.2, -0.15) is 0 Å². The van der Waals surface area contributed by atoms with E-state index in [2.05, 4.69) is 137 Å². The molecule has 268 valence electrons. The Morgan fingerprint density at radius 2 is 1.07 bits per heavy atom. The molecule has 6 heteroatoms. The molecule has 0 radical (unpaired) electrons. The average Bonchev–Trinajstić information content (AvgIpc) is 3.60. The van der Waals surface area contributed by atoms with Crippen LogP contribution in [0.1, 0.15) is 38.9 Å². The Morgan fingerprint density at radius 3 is 1.59 bits per heavy atom. The molecule has 8 aromatic rings. The number of hydrogen-bond donors (Lipinski definition) is 0. The van der Waals surface area contributed by atoms with Gasteiger partial charge in [0.1, 0.15) is 29.4 Å². The fraction of sp³-hybridized carbons (Fsp3) is 0.188. The largest absolute Gasteiger partial charge is 0.475 e. The van der Waals surface area contributed by atoms with Crippen LogP contribution >= 0.6 is 8.24 Å². The van der Waals surface area contributed by atoms with Crippen molar-refractivity contribution in [3.63, 3.8) is 0 Å². The number of aryl methyl sites for hydroxylation is 4. The topological polar surface area (TPSA) is 57.1 Å². The number of hydrogen-bond acceptors (Lipinski definition) is 5. The predicted octanol–water partition coefficient (Wildman–Crippen LogP) is 12.3. The second-order valence-electron chi connectivity index (χ2n) is 14.9. The maximum Gasteiger partial charge on any atom is 0.388 e. The van der Waals surface area contributed by atoms with Gasteiger partial charge in [0.2, 0.25) is 5.90 Å². The summed E-state index contributed by atoms with van der Waals surface area (Å²) in [6.45, 7) is 8.97. The minimum atomic E-state index is -2.00. The summed E-state index contributed by atoms with van der Waals surface area (Å²) in [4.78, 5) is 5.34. The lowest BCUT2D eigenvalue weighted by Crippen LogP contribution is -2.51. The third kappa shape index (κ3) is 6.59. The van der Waals surface area contributed by atoms with Gasteiger partial charge in [-0.05, 0) is 84.6 Å². The van der Waals surface area contributed by atoms with Crippen molar-refractivity contribution in [3.8, 4) is 0 Å². The zero-order valence-corrected chi connectivity index (χ0v) is 31.9. The molecule has 0 unspecified atom stereocenters. The molecule has 1 atom stereocenters. The van der Waals surface area contributed by atoms with Crippen LogP contribution in [0.5, 0.6) is 0 Å². The van der Waals surface area contributed by atoms with Gasteiger partial charge < -0.3 is 13.1 Å². The van der Waals surface area contributed by atoms with Gasteiger partial charge in [-0.25, -0.2) is 4.99 Å². The first-order chi connectivity index (χ1) is 26.3. The van der Waals surface area contributed by atoms with E-state index in [0.29, 0.717) is 25.3 Å². The predicted molar refractivity (Wildman–Crippen MR) is 223 cm³/mol. The van der Waals surface area contributed by atoms with Crippen LogP contribution in [0.25, 0.3) is 43.5 Å². The van der Waals surface area contributed by atoms with Crippen LogP contribution in [0.15, 0.2) is 153 Å². The van der Waals surface area contributed by atoms with Crippen molar-refractivity contribution in [2.75, 3.05) is 6.61 Å². The van der Waals surface area contributed by atoms with Gasteiger partial charge in [0, 0.05) is 29.2 Å². The van der Waals surface area contributed by atoms with Crippen molar-refractivity contribution >= 4 is 57.6 Å². The lowest BCUT2D eigenvalue weighted by atomic mass is 9.81. The minimum absolute atomic E-state index is 0.362. The number of rotatable bonds is 8. The van der Waals surface area contributed by atoms with Gasteiger partial charge in [0.25, 0.3) is 0 Å². The van der Waals surface area contributed by atoms with Crippen LogP contribution < -0.4 is 4.52 Å². The molecule has 0 fully saturated rings. The van der Waals surface area contributed by atoms with E-state index >= 15 is 0 Å². The molecule has 1 aromatic heterocycles. The normalized spacial score (nSPS) is 14.5. The van der Waals surface area contributed by atoms with E-state index in [0.717, 1.165) is 49.0 Å². The molecule has 5 nitrogen and oxygen atoms in total. The number of aliphatic imine (C=N–C) groups is 1. The maximum absolute atomic E-state index is 7.57. The number of fused-ring (bicyclic) bond motifs is 7. The van der Waals surface area contributed by atoms with Crippen LogP contribution in [0.3, 0.4) is 0 Å². The molecule has 9 rings (SSSR count). The van der Waals surface area contributed by atoms with E-state index < -0.39 is 13.8 Å². The summed E-state index contributed by atoms with van der Waals surface area (Å²) in [5.41, 5.74) is 8.65. The molecule has 0 spiro atoms. The van der Waals surface area contributed by atoms with Crippen molar-refractivity contribution in [1.82, 2.24) is 0 Å². The molecule has 0 aliphatic carbocycles. The summed E-state index contributed by atoms with van der Waals surface area (Å²) < 4.78 is 28.1. The fourth-order valence-corrected chi connectivity index (χ4v) is 9.66. The summed E-state index contributed by atoms with van der Waals surface area (Å²) in [5.74, 6) is 0.624. The molecule has 0 bridgehead atoms. The summed E-state index contributed by atoms with van der Waals surface area (Å²) in [6, 6.07) is 48.5. The Morgan fingerprint density at radius 1 is 0.593 bits per heavy atom. The van der Waals surface area contributed by atoms with E-state index in [1.54, 1.807) is 0 Å². The van der Waals surface area contributed by atoms with E-state index in [9.17, 15) is 0 Å². The Labute approximate surface area is 316 Å². The summed E-state index contributed by atoms with van der Waals surface area (Å²) in [5, 5.41) is 6.50. The van der Waals surface area contributed by atoms with E-state index in [1.807, 2.05) is 30.3 Å². The molecule has 0 saturated heterocycles. The highest BCUT2D eigenvalue weighted by Gasteiger charge is 2.46. The Hall–Kier alpha value is -5.61. The maximum atomic E-state index is 7.57. The SMILES string of the molecule is Cc1cc(C)cc(CC(Cc2cc(C)cc(C)c2)(Op2oc3ccc4ccccc4c3c3c(ccc4ccccc43)o2)[C@@H]2COC(c3ccccc3)=N2)c1. The zero-order valence-electron chi connectivity index (χ0n) is 31.0. The molecule has 54 heavy (non-hydrogen) atoms. The van der Waals surface area contributed by atoms with Crippen LogP contribution in [0, 0.1) is 27.7 Å². The minimum Gasteiger partial charge on any atom is -0.475 e. The highest BCUT2D eigenvalue weighted by atomic mass is 31.1. The molecule has 0 saturated carbocycles. The molecule has 7 aromatic carbocycles. The summed E-state index contributed by atoms with van der Waals surface area (Å²) >= 11 is 0. The Bertz CT molecular complexity index is 2580. The molecule has 1 aliphatic heterocycles. The second-order valence-corrected chi connectivity index (χ2v) is 15.8. The van der Waals surface area contributed by atoms with Gasteiger partial charge in [-0.1, -0.05) is 138 Å². The lowest BCUT2D eigenvalue weighted by Gasteiger charge is -2.35. The van der Waals surface area contributed by atoms with Crippen LogP contribution in [0.2, 0.25) is 0 Å². The van der Waals surface area contributed by atoms with E-state index in [4.69, 9.17) is 22.6 Å². The van der Waals surface area contributed by atoms with Crippen molar-refractivity contribution < 1.29 is 17.7 Å². The Kier molecular flexibility index (Phi) is 8.85. The average molecular weight is 728 g/mol. The molecule has 0 amide bonds. The molecule has 1 aliphatic rings. The van der Waals surface area contributed by atoms with Crippen LogP contribution in [0.4, 0.5) is 0 Å². The molecular weight excluding hydrogens is 686 g/mol. The van der Waals surface area contributed by atoms with Gasteiger partial charge in [-0.15, -0.1) is 0 Å². The summed E-state index contributed by atoms with van der Waals surface area (Å²) in [6.07, 6.45) is 1.14. The first-order valence-corrected chi connectivity index (χ1v) is 19.7. The van der Waals surface area contributed by atoms with Gasteiger partial charge in [0.05, 0.1) is 0 Å². The van der Waals surface area contributed by atoms with E-state index in [1.165, 1.54) is 33.4 Å². The quantitative estimate of drug-likeness (QED) is 0.156. The summed E-state index contributed by atoms with van der Waals surface area (Å²) in [7, 11) is -2.00. The fourth-order valence-electron chi connectivity index (χ4n) is 8.37. The lowest BCUT2D eigenvalue weighted by molar-refractivity contribution is 0.0715.